The molecule has 0 radical (unpaired) electrons. The highest BCUT2D eigenvalue weighted by Crippen LogP contribution is 2.20. The highest BCUT2D eigenvalue weighted by atomic mass is 16.2. The molecule has 1 amide bonds. The highest BCUT2D eigenvalue weighted by molar-refractivity contribution is 6.05. The molecule has 0 atom stereocenters. The van der Waals surface area contributed by atoms with Crippen molar-refractivity contribution in [2.24, 2.45) is 0 Å². The molecule has 1 aromatic carbocycles. The van der Waals surface area contributed by atoms with Crippen LogP contribution in [0.1, 0.15) is 32.9 Å². The lowest BCUT2D eigenvalue weighted by molar-refractivity contribution is 0.102. The fourth-order valence-electron chi connectivity index (χ4n) is 2.32. The predicted octanol–water partition coefficient (Wildman–Crippen LogP) is 2.86. The number of benzene rings is 1. The molecule has 20 heavy (non-hydrogen) atoms. The number of H-pyrrole nitrogens is 1. The molecule has 0 unspecified atom stereocenters. The van der Waals surface area contributed by atoms with Gasteiger partial charge in [-0.25, -0.2) is 0 Å². The quantitative estimate of drug-likeness (QED) is 0.881. The Morgan fingerprint density at radius 1 is 1.10 bits per heavy atom. The molecule has 2 aromatic rings. The lowest BCUT2D eigenvalue weighted by Gasteiger charge is -2.12. The zero-order chi connectivity index (χ0) is 14.9. The third kappa shape index (κ3) is 2.64. The monoisotopic (exact) mass is 270 g/mol. The average molecular weight is 270 g/mol. The Hall–Kier alpha value is -2.36. The Morgan fingerprint density at radius 3 is 2.25 bits per heavy atom. The molecule has 1 aromatic heterocycles. The number of para-hydroxylation sites is 1. The minimum absolute atomic E-state index is 0.165. The van der Waals surface area contributed by atoms with Crippen LogP contribution >= 0.6 is 0 Å². The largest absolute Gasteiger partial charge is 0.362 e. The van der Waals surface area contributed by atoms with E-state index in [4.69, 9.17) is 0 Å². The minimum atomic E-state index is -0.374. The van der Waals surface area contributed by atoms with Crippen molar-refractivity contribution >= 4 is 11.6 Å². The molecule has 0 bridgehead atoms. The van der Waals surface area contributed by atoms with Crippen LogP contribution in [-0.4, -0.2) is 10.9 Å². The van der Waals surface area contributed by atoms with Crippen LogP contribution < -0.4 is 10.7 Å². The average Bonchev–Trinajstić information content (AvgIpc) is 2.32. The SMILES string of the molecule is Cc1cc(=O)c(C(=O)Nc2c(C)cccc2C)c(C)[nH]1. The summed E-state index contributed by atoms with van der Waals surface area (Å²) in [7, 11) is 0. The third-order valence-electron chi connectivity index (χ3n) is 3.30. The lowest BCUT2D eigenvalue weighted by atomic mass is 10.1. The van der Waals surface area contributed by atoms with Gasteiger partial charge in [0.15, 0.2) is 5.43 Å². The topological polar surface area (TPSA) is 62.0 Å². The number of rotatable bonds is 2. The van der Waals surface area contributed by atoms with Gasteiger partial charge in [-0.2, -0.15) is 0 Å². The van der Waals surface area contributed by atoms with Crippen molar-refractivity contribution in [3.8, 4) is 0 Å². The maximum atomic E-state index is 12.3. The Kier molecular flexibility index (Phi) is 3.74. The summed E-state index contributed by atoms with van der Waals surface area (Å²) in [5.41, 5.74) is 3.94. The van der Waals surface area contributed by atoms with Crippen LogP contribution in [0.3, 0.4) is 0 Å². The summed E-state index contributed by atoms with van der Waals surface area (Å²) in [6.45, 7) is 7.37. The van der Waals surface area contributed by atoms with Gasteiger partial charge in [0.1, 0.15) is 5.56 Å². The van der Waals surface area contributed by atoms with Crippen molar-refractivity contribution in [1.29, 1.82) is 0 Å². The van der Waals surface area contributed by atoms with Gasteiger partial charge in [-0.1, -0.05) is 18.2 Å². The Bertz CT molecular complexity index is 709. The van der Waals surface area contributed by atoms with Crippen molar-refractivity contribution in [2.45, 2.75) is 27.7 Å². The Morgan fingerprint density at radius 2 is 1.70 bits per heavy atom. The van der Waals surface area contributed by atoms with Gasteiger partial charge in [0.2, 0.25) is 0 Å². The number of nitrogens with one attached hydrogen (secondary N) is 2. The number of carbonyl (C=O) groups is 1. The first-order chi connectivity index (χ1) is 9.40. The van der Waals surface area contributed by atoms with E-state index in [0.29, 0.717) is 5.69 Å². The summed E-state index contributed by atoms with van der Waals surface area (Å²) in [5, 5.41) is 2.84. The molecule has 4 heteroatoms. The first-order valence-corrected chi connectivity index (χ1v) is 6.48. The van der Waals surface area contributed by atoms with Crippen LogP contribution in [0.4, 0.5) is 5.69 Å². The highest BCUT2D eigenvalue weighted by Gasteiger charge is 2.16. The van der Waals surface area contributed by atoms with Gasteiger partial charge in [0, 0.05) is 23.1 Å². The van der Waals surface area contributed by atoms with Gasteiger partial charge in [-0.05, 0) is 38.8 Å². The number of carbonyl (C=O) groups excluding carboxylic acids is 1. The summed E-state index contributed by atoms with van der Waals surface area (Å²) >= 11 is 0. The molecule has 0 aliphatic rings. The molecule has 2 N–H and O–H groups in total. The van der Waals surface area contributed by atoms with Crippen LogP contribution in [0, 0.1) is 27.7 Å². The van der Waals surface area contributed by atoms with Gasteiger partial charge in [0.05, 0.1) is 0 Å². The molecule has 0 spiro atoms. The predicted molar refractivity (Wildman–Crippen MR) is 80.4 cm³/mol. The van der Waals surface area contributed by atoms with Crippen LogP contribution in [0.2, 0.25) is 0 Å². The van der Waals surface area contributed by atoms with Crippen molar-refractivity contribution in [3.05, 3.63) is 62.6 Å². The molecule has 0 fully saturated rings. The second-order valence-corrected chi connectivity index (χ2v) is 5.04. The second-order valence-electron chi connectivity index (χ2n) is 5.04. The molecule has 0 saturated carbocycles. The molecular formula is C16H18N2O2. The first kappa shape index (κ1) is 14.1. The summed E-state index contributed by atoms with van der Waals surface area (Å²) in [5.74, 6) is -0.374. The van der Waals surface area contributed by atoms with E-state index in [1.165, 1.54) is 6.07 Å². The summed E-state index contributed by atoms with van der Waals surface area (Å²) in [4.78, 5) is 27.3. The van der Waals surface area contributed by atoms with E-state index < -0.39 is 0 Å². The Labute approximate surface area is 117 Å². The zero-order valence-electron chi connectivity index (χ0n) is 12.1. The van der Waals surface area contributed by atoms with Crippen molar-refractivity contribution in [1.82, 2.24) is 4.98 Å². The summed E-state index contributed by atoms with van der Waals surface area (Å²) in [6.07, 6.45) is 0. The van der Waals surface area contributed by atoms with Crippen LogP contribution in [0.15, 0.2) is 29.1 Å². The third-order valence-corrected chi connectivity index (χ3v) is 3.30. The lowest BCUT2D eigenvalue weighted by Crippen LogP contribution is -2.24. The summed E-state index contributed by atoms with van der Waals surface area (Å²) in [6, 6.07) is 7.22. The van der Waals surface area contributed by atoms with Crippen molar-refractivity contribution in [3.63, 3.8) is 0 Å². The second kappa shape index (κ2) is 5.33. The number of hydrogen-bond acceptors (Lipinski definition) is 2. The zero-order valence-corrected chi connectivity index (χ0v) is 12.1. The number of aromatic amines is 1. The van der Waals surface area contributed by atoms with Gasteiger partial charge in [-0.3, -0.25) is 9.59 Å². The van der Waals surface area contributed by atoms with E-state index in [1.54, 1.807) is 13.8 Å². The Balaban J connectivity index is 2.42. The van der Waals surface area contributed by atoms with Crippen LogP contribution in [0.5, 0.6) is 0 Å². The van der Waals surface area contributed by atoms with Gasteiger partial charge in [-0.15, -0.1) is 0 Å². The van der Waals surface area contributed by atoms with Crippen molar-refractivity contribution in [2.75, 3.05) is 5.32 Å². The van der Waals surface area contributed by atoms with E-state index in [2.05, 4.69) is 10.3 Å². The molecule has 104 valence electrons. The van der Waals surface area contributed by atoms with E-state index >= 15 is 0 Å². The molecule has 1 heterocycles. The smallest absolute Gasteiger partial charge is 0.261 e. The number of aryl methyl sites for hydroxylation is 4. The minimum Gasteiger partial charge on any atom is -0.362 e. The van der Waals surface area contributed by atoms with Crippen LogP contribution in [-0.2, 0) is 0 Å². The normalized spacial score (nSPS) is 10.4. The fraction of sp³-hybridized carbons (Fsp3) is 0.250. The number of hydrogen-bond donors (Lipinski definition) is 2. The number of aromatic nitrogens is 1. The van der Waals surface area contributed by atoms with E-state index in [1.807, 2.05) is 32.0 Å². The van der Waals surface area contributed by atoms with Crippen LogP contribution in [0.25, 0.3) is 0 Å². The molecule has 0 saturated heterocycles. The maximum Gasteiger partial charge on any atom is 0.261 e. The molecule has 0 aliphatic carbocycles. The standard InChI is InChI=1S/C16H18N2O2/c1-9-6-5-7-10(2)15(9)18-16(20)14-12(4)17-11(3)8-13(14)19/h5-8H,1-4H3,(H,17,19)(H,18,20). The maximum absolute atomic E-state index is 12.3. The molecule has 4 nitrogen and oxygen atoms in total. The van der Waals surface area contributed by atoms with E-state index in [0.717, 1.165) is 22.5 Å². The molecule has 2 rings (SSSR count). The number of amides is 1. The number of anilines is 1. The van der Waals surface area contributed by atoms with Gasteiger partial charge >= 0.3 is 0 Å². The molecule has 0 aliphatic heterocycles. The summed E-state index contributed by atoms with van der Waals surface area (Å²) < 4.78 is 0. The van der Waals surface area contributed by atoms with Crippen molar-refractivity contribution < 1.29 is 4.79 Å². The van der Waals surface area contributed by atoms with Gasteiger partial charge in [0.25, 0.3) is 5.91 Å². The van der Waals surface area contributed by atoms with E-state index in [-0.39, 0.29) is 16.9 Å². The first-order valence-electron chi connectivity index (χ1n) is 6.48. The van der Waals surface area contributed by atoms with E-state index in [9.17, 15) is 9.59 Å². The molecular weight excluding hydrogens is 252 g/mol. The van der Waals surface area contributed by atoms with Gasteiger partial charge < -0.3 is 10.3 Å². The number of pyridine rings is 1. The fourth-order valence-corrected chi connectivity index (χ4v) is 2.32.